The molecule has 0 atom stereocenters. The van der Waals surface area contributed by atoms with Gasteiger partial charge < -0.3 is 0 Å². The van der Waals surface area contributed by atoms with Gasteiger partial charge in [-0.15, -0.1) is 0 Å². The summed E-state index contributed by atoms with van der Waals surface area (Å²) in [5.74, 6) is 0. The van der Waals surface area contributed by atoms with Crippen LogP contribution in [-0.4, -0.2) is 11.1 Å². The van der Waals surface area contributed by atoms with E-state index >= 15 is 0 Å². The summed E-state index contributed by atoms with van der Waals surface area (Å²) in [6, 6.07) is 9.56. The normalized spacial score (nSPS) is 10.9. The molecule has 0 aliphatic heterocycles. The smallest absolute Gasteiger partial charge is 0.258 e. The fourth-order valence-corrected chi connectivity index (χ4v) is 1.94. The van der Waals surface area contributed by atoms with Gasteiger partial charge in [-0.05, 0) is 30.7 Å². The minimum Gasteiger partial charge on any atom is -0.258 e. The van der Waals surface area contributed by atoms with Crippen molar-refractivity contribution < 1.29 is 4.92 Å². The Kier molecular flexibility index (Phi) is 4.37. The zero-order valence-electron chi connectivity index (χ0n) is 10.5. The van der Waals surface area contributed by atoms with Crippen molar-refractivity contribution in [1.82, 2.24) is 0 Å². The Bertz CT molecular complexity index is 700. The lowest BCUT2D eigenvalue weighted by Gasteiger charge is -2.01. The Hall–Kier alpha value is -1.91. The van der Waals surface area contributed by atoms with Crippen LogP contribution in [0.4, 0.5) is 11.4 Å². The van der Waals surface area contributed by atoms with Gasteiger partial charge in [-0.1, -0.05) is 29.3 Å². The Morgan fingerprint density at radius 2 is 1.95 bits per heavy atom. The summed E-state index contributed by atoms with van der Waals surface area (Å²) in [6.45, 7) is 1.90. The van der Waals surface area contributed by atoms with Crippen molar-refractivity contribution in [3.63, 3.8) is 0 Å². The lowest BCUT2D eigenvalue weighted by molar-refractivity contribution is -0.384. The molecule has 0 saturated carbocycles. The third-order valence-corrected chi connectivity index (χ3v) is 3.28. The molecular weight excluding hydrogens is 299 g/mol. The number of aliphatic imine (C=N–C) groups is 1. The lowest BCUT2D eigenvalue weighted by atomic mass is 10.2. The highest BCUT2D eigenvalue weighted by molar-refractivity contribution is 6.33. The molecular formula is C14H10Cl2N2O2. The molecule has 0 radical (unpaired) electrons. The molecule has 0 spiro atoms. The number of non-ortho nitro benzene ring substituents is 1. The highest BCUT2D eigenvalue weighted by Crippen LogP contribution is 2.25. The van der Waals surface area contributed by atoms with Crippen LogP contribution in [0.15, 0.2) is 41.4 Å². The fraction of sp³-hybridized carbons (Fsp3) is 0.0714. The zero-order valence-corrected chi connectivity index (χ0v) is 12.0. The summed E-state index contributed by atoms with van der Waals surface area (Å²) in [4.78, 5) is 14.5. The molecule has 0 N–H and O–H groups in total. The molecule has 0 unspecified atom stereocenters. The van der Waals surface area contributed by atoms with E-state index in [-0.39, 0.29) is 5.69 Å². The number of nitro benzene ring substituents is 1. The van der Waals surface area contributed by atoms with Crippen LogP contribution in [0, 0.1) is 17.0 Å². The molecule has 0 aliphatic rings. The summed E-state index contributed by atoms with van der Waals surface area (Å²) in [6.07, 6.45) is 1.49. The van der Waals surface area contributed by atoms with E-state index in [2.05, 4.69) is 4.99 Å². The van der Waals surface area contributed by atoms with E-state index in [1.807, 2.05) is 13.0 Å². The standard InChI is InChI=1S/C14H10Cl2N2O2/c1-9-2-3-11(15)7-14(9)17-8-10-6-12(18(19)20)4-5-13(10)16/h2-8H,1H3. The average Bonchev–Trinajstić information content (AvgIpc) is 2.41. The number of aryl methyl sites for hydroxylation is 1. The van der Waals surface area contributed by atoms with Crippen LogP contribution in [0.5, 0.6) is 0 Å². The second-order valence-corrected chi connectivity index (χ2v) is 5.00. The van der Waals surface area contributed by atoms with Gasteiger partial charge in [0.1, 0.15) is 0 Å². The molecule has 0 fully saturated rings. The SMILES string of the molecule is Cc1ccc(Cl)cc1N=Cc1cc([N+](=O)[O-])ccc1Cl. The van der Waals surface area contributed by atoms with Crippen molar-refractivity contribution in [3.05, 3.63) is 67.7 Å². The molecule has 20 heavy (non-hydrogen) atoms. The Labute approximate surface area is 125 Å². The molecule has 0 bridgehead atoms. The van der Waals surface area contributed by atoms with E-state index in [4.69, 9.17) is 23.2 Å². The van der Waals surface area contributed by atoms with E-state index < -0.39 is 4.92 Å². The van der Waals surface area contributed by atoms with Gasteiger partial charge in [-0.25, -0.2) is 0 Å². The number of rotatable bonds is 3. The van der Waals surface area contributed by atoms with Gasteiger partial charge in [-0.3, -0.25) is 15.1 Å². The maximum Gasteiger partial charge on any atom is 0.270 e. The highest BCUT2D eigenvalue weighted by Gasteiger charge is 2.08. The van der Waals surface area contributed by atoms with Gasteiger partial charge in [0.25, 0.3) is 5.69 Å². The average molecular weight is 309 g/mol. The molecule has 0 aliphatic carbocycles. The molecule has 2 aromatic carbocycles. The first kappa shape index (κ1) is 14.5. The van der Waals surface area contributed by atoms with Gasteiger partial charge in [-0.2, -0.15) is 0 Å². The summed E-state index contributed by atoms with van der Waals surface area (Å²) < 4.78 is 0. The molecule has 0 saturated heterocycles. The van der Waals surface area contributed by atoms with Crippen LogP contribution < -0.4 is 0 Å². The second kappa shape index (κ2) is 6.03. The van der Waals surface area contributed by atoms with Crippen molar-refractivity contribution in [3.8, 4) is 0 Å². The zero-order chi connectivity index (χ0) is 14.7. The molecule has 2 rings (SSSR count). The number of nitrogens with zero attached hydrogens (tertiary/aromatic N) is 2. The number of hydrogen-bond acceptors (Lipinski definition) is 3. The van der Waals surface area contributed by atoms with Gasteiger partial charge in [0.2, 0.25) is 0 Å². The van der Waals surface area contributed by atoms with Crippen molar-refractivity contribution in [1.29, 1.82) is 0 Å². The number of nitro groups is 1. The van der Waals surface area contributed by atoms with Gasteiger partial charge >= 0.3 is 0 Å². The molecule has 0 amide bonds. The number of hydrogen-bond donors (Lipinski definition) is 0. The third-order valence-electron chi connectivity index (χ3n) is 2.70. The third kappa shape index (κ3) is 3.35. The van der Waals surface area contributed by atoms with Crippen molar-refractivity contribution in [2.24, 2.45) is 4.99 Å². The molecule has 6 heteroatoms. The largest absolute Gasteiger partial charge is 0.270 e. The minimum absolute atomic E-state index is 0.0290. The molecule has 102 valence electrons. The predicted octanol–water partition coefficient (Wildman–Crippen LogP) is 4.96. The van der Waals surface area contributed by atoms with E-state index in [0.717, 1.165) is 5.56 Å². The van der Waals surface area contributed by atoms with Crippen molar-refractivity contribution >= 4 is 40.8 Å². The first-order valence-electron chi connectivity index (χ1n) is 5.71. The quantitative estimate of drug-likeness (QED) is 0.457. The maximum absolute atomic E-state index is 10.7. The van der Waals surface area contributed by atoms with E-state index in [0.29, 0.717) is 21.3 Å². The minimum atomic E-state index is -0.474. The maximum atomic E-state index is 10.7. The molecule has 4 nitrogen and oxygen atoms in total. The van der Waals surface area contributed by atoms with Crippen LogP contribution in [0.25, 0.3) is 0 Å². The van der Waals surface area contributed by atoms with Crippen molar-refractivity contribution in [2.75, 3.05) is 0 Å². The van der Waals surface area contributed by atoms with E-state index in [9.17, 15) is 10.1 Å². The molecule has 0 heterocycles. The summed E-state index contributed by atoms with van der Waals surface area (Å²) in [5, 5.41) is 11.7. The Morgan fingerprint density at radius 3 is 2.65 bits per heavy atom. The van der Waals surface area contributed by atoms with Gasteiger partial charge in [0.05, 0.1) is 10.6 Å². The number of benzene rings is 2. The lowest BCUT2D eigenvalue weighted by Crippen LogP contribution is -1.91. The van der Waals surface area contributed by atoms with Crippen molar-refractivity contribution in [2.45, 2.75) is 6.92 Å². The summed E-state index contributed by atoms with van der Waals surface area (Å²) >= 11 is 11.9. The Morgan fingerprint density at radius 1 is 1.20 bits per heavy atom. The van der Waals surface area contributed by atoms with Crippen LogP contribution in [-0.2, 0) is 0 Å². The summed E-state index contributed by atoms with van der Waals surface area (Å²) in [7, 11) is 0. The molecule has 2 aromatic rings. The van der Waals surface area contributed by atoms with Crippen LogP contribution in [0.2, 0.25) is 10.0 Å². The van der Waals surface area contributed by atoms with E-state index in [1.54, 1.807) is 12.1 Å². The predicted molar refractivity (Wildman–Crippen MR) is 81.5 cm³/mol. The Balaban J connectivity index is 2.38. The van der Waals surface area contributed by atoms with E-state index in [1.165, 1.54) is 24.4 Å². The fourth-order valence-electron chi connectivity index (χ4n) is 1.60. The topological polar surface area (TPSA) is 55.5 Å². The van der Waals surface area contributed by atoms with Crippen LogP contribution in [0.3, 0.4) is 0 Å². The van der Waals surface area contributed by atoms with Crippen LogP contribution >= 0.6 is 23.2 Å². The first-order valence-corrected chi connectivity index (χ1v) is 6.47. The highest BCUT2D eigenvalue weighted by atomic mass is 35.5. The molecule has 0 aromatic heterocycles. The monoisotopic (exact) mass is 308 g/mol. The first-order chi connectivity index (χ1) is 9.47. The van der Waals surface area contributed by atoms with Crippen LogP contribution in [0.1, 0.15) is 11.1 Å². The summed E-state index contributed by atoms with van der Waals surface area (Å²) in [5.41, 5.74) is 2.10. The second-order valence-electron chi connectivity index (χ2n) is 4.15. The van der Waals surface area contributed by atoms with Gasteiger partial charge in [0, 0.05) is 34.0 Å². The van der Waals surface area contributed by atoms with Gasteiger partial charge in [0.15, 0.2) is 0 Å². The number of halogens is 2.